The molecular weight excluding hydrogens is 296 g/mol. The molecule has 2 rings (SSSR count). The standard InChI is InChI=1S/C13H16N2O5S/c1-3-15-6-9(13(17)18)11(16)8-5-10(21-12(8)15)14-20-7-19-4-2/h6H,3-5,7H2,1-2H3,(H,17,18). The van der Waals surface area contributed by atoms with Crippen LogP contribution in [0.15, 0.2) is 21.2 Å². The summed E-state index contributed by atoms with van der Waals surface area (Å²) in [7, 11) is 0. The van der Waals surface area contributed by atoms with Crippen molar-refractivity contribution in [1.29, 1.82) is 0 Å². The van der Waals surface area contributed by atoms with E-state index in [1.165, 1.54) is 18.0 Å². The number of nitrogens with zero attached hydrogens (tertiary/aromatic N) is 2. The van der Waals surface area contributed by atoms with Gasteiger partial charge < -0.3 is 19.2 Å². The molecule has 0 aromatic carbocycles. The van der Waals surface area contributed by atoms with Crippen LogP contribution in [0.4, 0.5) is 0 Å². The number of ether oxygens (including phenoxy) is 1. The van der Waals surface area contributed by atoms with Gasteiger partial charge in [0.25, 0.3) is 0 Å². The van der Waals surface area contributed by atoms with Crippen molar-refractivity contribution >= 4 is 22.8 Å². The van der Waals surface area contributed by atoms with Gasteiger partial charge in [0.2, 0.25) is 12.2 Å². The normalized spacial score (nSPS) is 15.2. The number of aryl methyl sites for hydroxylation is 1. The highest BCUT2D eigenvalue weighted by atomic mass is 32.2. The Hall–Kier alpha value is -1.80. The first-order valence-electron chi connectivity index (χ1n) is 6.52. The number of pyridine rings is 1. The highest BCUT2D eigenvalue weighted by Gasteiger charge is 2.27. The summed E-state index contributed by atoms with van der Waals surface area (Å²) in [5.74, 6) is -1.21. The molecule has 7 nitrogen and oxygen atoms in total. The summed E-state index contributed by atoms with van der Waals surface area (Å²) in [6.07, 6.45) is 1.66. The van der Waals surface area contributed by atoms with E-state index >= 15 is 0 Å². The third kappa shape index (κ3) is 3.27. The molecule has 2 heterocycles. The highest BCUT2D eigenvalue weighted by Crippen LogP contribution is 2.32. The number of fused-ring (bicyclic) bond motifs is 1. The van der Waals surface area contributed by atoms with Crippen molar-refractivity contribution in [3.63, 3.8) is 0 Å². The summed E-state index contributed by atoms with van der Waals surface area (Å²) < 4.78 is 6.75. The lowest BCUT2D eigenvalue weighted by Crippen LogP contribution is -2.22. The van der Waals surface area contributed by atoms with E-state index in [0.717, 1.165) is 5.03 Å². The molecule has 8 heteroatoms. The minimum absolute atomic E-state index is 0.0509. The summed E-state index contributed by atoms with van der Waals surface area (Å²) >= 11 is 1.32. The lowest BCUT2D eigenvalue weighted by atomic mass is 10.1. The van der Waals surface area contributed by atoms with Crippen molar-refractivity contribution in [3.8, 4) is 0 Å². The number of aromatic nitrogens is 1. The van der Waals surface area contributed by atoms with Crippen molar-refractivity contribution in [2.24, 2.45) is 5.16 Å². The van der Waals surface area contributed by atoms with Gasteiger partial charge in [-0.1, -0.05) is 16.9 Å². The number of carbonyl (C=O) groups is 1. The lowest BCUT2D eigenvalue weighted by Gasteiger charge is -2.09. The molecule has 0 unspecified atom stereocenters. The second kappa shape index (κ2) is 6.77. The monoisotopic (exact) mass is 312 g/mol. The fourth-order valence-electron chi connectivity index (χ4n) is 1.94. The van der Waals surface area contributed by atoms with Gasteiger partial charge >= 0.3 is 5.97 Å². The van der Waals surface area contributed by atoms with Crippen LogP contribution >= 0.6 is 11.8 Å². The van der Waals surface area contributed by atoms with E-state index < -0.39 is 11.4 Å². The summed E-state index contributed by atoms with van der Waals surface area (Å²) in [4.78, 5) is 28.3. The zero-order chi connectivity index (χ0) is 15.4. The van der Waals surface area contributed by atoms with Gasteiger partial charge in [-0.25, -0.2) is 4.79 Å². The van der Waals surface area contributed by atoms with Crippen molar-refractivity contribution in [3.05, 3.63) is 27.5 Å². The van der Waals surface area contributed by atoms with Crippen LogP contribution in [-0.4, -0.2) is 34.1 Å². The predicted molar refractivity (Wildman–Crippen MR) is 77.9 cm³/mol. The number of oxime groups is 1. The third-order valence-corrected chi connectivity index (χ3v) is 4.07. The number of carboxylic acids is 1. The van der Waals surface area contributed by atoms with E-state index in [1.54, 1.807) is 4.57 Å². The van der Waals surface area contributed by atoms with E-state index in [0.29, 0.717) is 23.8 Å². The minimum atomic E-state index is -1.21. The van der Waals surface area contributed by atoms with Gasteiger partial charge in [0, 0.05) is 31.3 Å². The van der Waals surface area contributed by atoms with Gasteiger partial charge in [-0.05, 0) is 13.8 Å². The average molecular weight is 312 g/mol. The second-order valence-corrected chi connectivity index (χ2v) is 5.31. The summed E-state index contributed by atoms with van der Waals surface area (Å²) in [5, 5.41) is 14.4. The lowest BCUT2D eigenvalue weighted by molar-refractivity contribution is -0.0473. The first-order chi connectivity index (χ1) is 10.1. The zero-order valence-electron chi connectivity index (χ0n) is 11.8. The molecule has 0 spiro atoms. The quantitative estimate of drug-likeness (QED) is 0.487. The van der Waals surface area contributed by atoms with Gasteiger partial charge in [0.15, 0.2) is 0 Å². The van der Waals surface area contributed by atoms with Crippen LogP contribution in [0.5, 0.6) is 0 Å². The zero-order valence-corrected chi connectivity index (χ0v) is 12.6. The maximum atomic E-state index is 12.2. The molecule has 0 radical (unpaired) electrons. The Morgan fingerprint density at radius 3 is 2.90 bits per heavy atom. The maximum Gasteiger partial charge on any atom is 0.341 e. The van der Waals surface area contributed by atoms with Gasteiger partial charge in [-0.2, -0.15) is 0 Å². The molecule has 114 valence electrons. The Bertz CT molecular complexity index is 638. The SMILES string of the molecule is CCOCON=C1Cc2c(n(CC)cc(C(=O)O)c2=O)S1. The topological polar surface area (TPSA) is 90.1 Å². The van der Waals surface area contributed by atoms with E-state index in [-0.39, 0.29) is 18.8 Å². The predicted octanol–water partition coefficient (Wildman–Crippen LogP) is 1.54. The third-order valence-electron chi connectivity index (χ3n) is 2.94. The van der Waals surface area contributed by atoms with Crippen LogP contribution in [-0.2, 0) is 22.5 Å². The molecule has 1 aromatic heterocycles. The molecule has 1 N–H and O–H groups in total. The van der Waals surface area contributed by atoms with Crippen LogP contribution < -0.4 is 5.43 Å². The van der Waals surface area contributed by atoms with Crippen LogP contribution in [0.1, 0.15) is 29.8 Å². The average Bonchev–Trinajstić information content (AvgIpc) is 2.88. The number of rotatable bonds is 6. The van der Waals surface area contributed by atoms with E-state index in [1.807, 2.05) is 13.8 Å². The molecule has 0 saturated heterocycles. The number of hydrogen-bond donors (Lipinski definition) is 1. The molecule has 1 aliphatic heterocycles. The van der Waals surface area contributed by atoms with Gasteiger partial charge in [0.05, 0.1) is 5.03 Å². The molecule has 0 fully saturated rings. The number of hydrogen-bond acceptors (Lipinski definition) is 6. The first kappa shape index (κ1) is 15.6. The van der Waals surface area contributed by atoms with E-state index in [9.17, 15) is 9.59 Å². The Morgan fingerprint density at radius 2 is 2.29 bits per heavy atom. The Morgan fingerprint density at radius 1 is 1.52 bits per heavy atom. The maximum absolute atomic E-state index is 12.2. The van der Waals surface area contributed by atoms with Gasteiger partial charge in [-0.3, -0.25) is 4.79 Å². The number of thioether (sulfide) groups is 1. The van der Waals surface area contributed by atoms with Gasteiger partial charge in [-0.15, -0.1) is 0 Å². The summed E-state index contributed by atoms with van der Waals surface area (Å²) in [6.45, 7) is 4.88. The van der Waals surface area contributed by atoms with Crippen LogP contribution in [0.2, 0.25) is 0 Å². The Labute approximate surface area is 125 Å². The second-order valence-electron chi connectivity index (χ2n) is 4.25. The molecule has 0 bridgehead atoms. The molecule has 0 amide bonds. The van der Waals surface area contributed by atoms with Crippen LogP contribution in [0.3, 0.4) is 0 Å². The van der Waals surface area contributed by atoms with E-state index in [2.05, 4.69) is 5.16 Å². The fourth-order valence-corrected chi connectivity index (χ4v) is 3.06. The summed E-state index contributed by atoms with van der Waals surface area (Å²) in [6, 6.07) is 0. The van der Waals surface area contributed by atoms with Crippen molar-refractivity contribution in [2.75, 3.05) is 13.4 Å². The van der Waals surface area contributed by atoms with Crippen molar-refractivity contribution < 1.29 is 19.5 Å². The fraction of sp³-hybridized carbons (Fsp3) is 0.462. The Balaban J connectivity index is 2.29. The Kier molecular flexibility index (Phi) is 5.03. The smallest absolute Gasteiger partial charge is 0.341 e. The van der Waals surface area contributed by atoms with Crippen LogP contribution in [0.25, 0.3) is 0 Å². The molecular formula is C13H16N2O5S. The summed E-state index contributed by atoms with van der Waals surface area (Å²) in [5.41, 5.74) is -0.210. The molecule has 0 atom stereocenters. The molecule has 1 aromatic rings. The van der Waals surface area contributed by atoms with Crippen LogP contribution in [0, 0.1) is 0 Å². The van der Waals surface area contributed by atoms with Gasteiger partial charge in [0.1, 0.15) is 10.6 Å². The number of carboxylic acid groups (broad SMARTS) is 1. The largest absolute Gasteiger partial charge is 0.477 e. The molecule has 0 saturated carbocycles. The first-order valence-corrected chi connectivity index (χ1v) is 7.34. The molecule has 0 aliphatic carbocycles. The minimum Gasteiger partial charge on any atom is -0.477 e. The van der Waals surface area contributed by atoms with E-state index in [4.69, 9.17) is 14.7 Å². The van der Waals surface area contributed by atoms with Crippen molar-refractivity contribution in [2.45, 2.75) is 31.8 Å². The number of aromatic carboxylic acids is 1. The molecule has 1 aliphatic rings. The van der Waals surface area contributed by atoms with Crippen molar-refractivity contribution in [1.82, 2.24) is 4.57 Å². The highest BCUT2D eigenvalue weighted by molar-refractivity contribution is 8.14. The molecule has 21 heavy (non-hydrogen) atoms.